The van der Waals surface area contributed by atoms with Crippen molar-refractivity contribution >= 4 is 24.9 Å². The summed E-state index contributed by atoms with van der Waals surface area (Å²) < 4.78 is 0. The minimum absolute atomic E-state index is 0.112. The molecule has 0 spiro atoms. The third kappa shape index (κ3) is 8.33. The van der Waals surface area contributed by atoms with Gasteiger partial charge in [-0.3, -0.25) is 15.0 Å². The summed E-state index contributed by atoms with van der Waals surface area (Å²) in [5, 5.41) is 38.0. The number of guanidine groups is 1. The lowest BCUT2D eigenvalue weighted by molar-refractivity contribution is -0.130. The van der Waals surface area contributed by atoms with E-state index in [4.69, 9.17) is 5.41 Å². The number of rotatable bonds is 12. The van der Waals surface area contributed by atoms with E-state index in [0.29, 0.717) is 44.1 Å². The molecule has 0 heterocycles. The molecule has 7 N–H and O–H groups in total. The molecule has 2 amide bonds. The van der Waals surface area contributed by atoms with Gasteiger partial charge < -0.3 is 31.3 Å². The van der Waals surface area contributed by atoms with E-state index < -0.39 is 25.0 Å². The van der Waals surface area contributed by atoms with E-state index in [1.807, 2.05) is 13.8 Å². The van der Waals surface area contributed by atoms with Crippen LogP contribution < -0.4 is 21.3 Å². The molecule has 2 bridgehead atoms. The molecule has 2 aliphatic rings. The summed E-state index contributed by atoms with van der Waals surface area (Å²) in [4.78, 5) is 25.6. The largest absolute Gasteiger partial charge is 0.475 e. The van der Waals surface area contributed by atoms with E-state index in [2.05, 4.69) is 21.3 Å². The second kappa shape index (κ2) is 12.3. The third-order valence-electron chi connectivity index (χ3n) is 6.62. The van der Waals surface area contributed by atoms with Crippen molar-refractivity contribution in [2.24, 2.45) is 23.7 Å². The summed E-state index contributed by atoms with van der Waals surface area (Å²) in [6.07, 6.45) is 6.68. The van der Waals surface area contributed by atoms with Gasteiger partial charge in [-0.2, -0.15) is 0 Å². The molecule has 2 fully saturated rings. The average Bonchev–Trinajstić information content (AvgIpc) is 3.32. The van der Waals surface area contributed by atoms with Crippen molar-refractivity contribution in [3.05, 3.63) is 0 Å². The number of nitrogens with one attached hydrogen (secondary N) is 5. The molecule has 2 rings (SSSR count). The molecule has 0 aliphatic heterocycles. The molecule has 176 valence electrons. The van der Waals surface area contributed by atoms with Gasteiger partial charge >= 0.3 is 7.12 Å². The Balaban J connectivity index is 1.92. The molecule has 0 aromatic carbocycles. The van der Waals surface area contributed by atoms with Crippen LogP contribution in [0.15, 0.2) is 0 Å². The molecule has 0 aromatic heterocycles. The normalized spacial score (nSPS) is 23.9. The minimum atomic E-state index is -1.66. The number of carbonyl (C=O) groups excluding carboxylic acids is 2. The molecule has 0 radical (unpaired) electrons. The van der Waals surface area contributed by atoms with E-state index in [1.54, 1.807) is 7.05 Å². The Morgan fingerprint density at radius 2 is 1.90 bits per heavy atom. The van der Waals surface area contributed by atoms with Crippen LogP contribution in [0.25, 0.3) is 0 Å². The molecule has 3 unspecified atom stereocenters. The molecule has 2 saturated carbocycles. The Hall–Kier alpha value is -1.81. The van der Waals surface area contributed by atoms with Crippen molar-refractivity contribution in [2.75, 3.05) is 13.6 Å². The second-order valence-corrected chi connectivity index (χ2v) is 9.61. The highest BCUT2D eigenvalue weighted by Crippen LogP contribution is 2.49. The van der Waals surface area contributed by atoms with Gasteiger partial charge in [0.1, 0.15) is 6.04 Å². The maximum Gasteiger partial charge on any atom is 0.475 e. The Morgan fingerprint density at radius 3 is 2.45 bits per heavy atom. The quantitative estimate of drug-likeness (QED) is 0.102. The van der Waals surface area contributed by atoms with Crippen molar-refractivity contribution in [2.45, 2.75) is 77.2 Å². The van der Waals surface area contributed by atoms with Crippen LogP contribution in [0.1, 0.15) is 65.2 Å². The Labute approximate surface area is 186 Å². The van der Waals surface area contributed by atoms with Crippen LogP contribution in [0.4, 0.5) is 0 Å². The highest BCUT2D eigenvalue weighted by atomic mass is 16.4. The monoisotopic (exact) mass is 437 g/mol. The summed E-state index contributed by atoms with van der Waals surface area (Å²) >= 11 is 0. The van der Waals surface area contributed by atoms with E-state index in [9.17, 15) is 19.6 Å². The predicted octanol–water partition coefficient (Wildman–Crippen LogP) is 0.364. The van der Waals surface area contributed by atoms with Gasteiger partial charge in [0, 0.05) is 20.0 Å². The van der Waals surface area contributed by atoms with Crippen LogP contribution in [0, 0.1) is 29.1 Å². The van der Waals surface area contributed by atoms with E-state index in [-0.39, 0.29) is 17.8 Å². The van der Waals surface area contributed by atoms with Gasteiger partial charge in [-0.15, -0.1) is 0 Å². The average molecular weight is 437 g/mol. The first-order chi connectivity index (χ1) is 14.7. The molecule has 10 heteroatoms. The van der Waals surface area contributed by atoms with Crippen LogP contribution in [-0.2, 0) is 9.59 Å². The highest BCUT2D eigenvalue weighted by Gasteiger charge is 2.40. The van der Waals surface area contributed by atoms with Crippen molar-refractivity contribution in [3.8, 4) is 0 Å². The number of amides is 2. The zero-order valence-electron chi connectivity index (χ0n) is 19.1. The maximum absolute atomic E-state index is 12.9. The lowest BCUT2D eigenvalue weighted by Crippen LogP contribution is -2.54. The molecule has 5 atom stereocenters. The summed E-state index contributed by atoms with van der Waals surface area (Å²) in [5.41, 5.74) is 0. The lowest BCUT2D eigenvalue weighted by Gasteiger charge is -2.26. The molecule has 31 heavy (non-hydrogen) atoms. The van der Waals surface area contributed by atoms with Gasteiger partial charge in [0.05, 0.1) is 5.94 Å². The lowest BCUT2D eigenvalue weighted by atomic mass is 9.75. The number of fused-ring (bicyclic) bond motifs is 2. The first-order valence-corrected chi connectivity index (χ1v) is 11.7. The Kier molecular flexibility index (Phi) is 10.1. The maximum atomic E-state index is 12.9. The fourth-order valence-corrected chi connectivity index (χ4v) is 5.04. The van der Waals surface area contributed by atoms with Crippen LogP contribution in [0.3, 0.4) is 0 Å². The van der Waals surface area contributed by atoms with E-state index >= 15 is 0 Å². The van der Waals surface area contributed by atoms with Crippen LogP contribution in [-0.4, -0.2) is 60.5 Å². The van der Waals surface area contributed by atoms with Gasteiger partial charge in [0.15, 0.2) is 5.96 Å². The summed E-state index contributed by atoms with van der Waals surface area (Å²) in [5.74, 6) is 0.887. The van der Waals surface area contributed by atoms with Gasteiger partial charge in [-0.05, 0) is 62.2 Å². The predicted molar refractivity (Wildman–Crippen MR) is 121 cm³/mol. The summed E-state index contributed by atoms with van der Waals surface area (Å²) in [6, 6.07) is -0.745. The molecule has 9 nitrogen and oxygen atoms in total. The zero-order valence-corrected chi connectivity index (χ0v) is 19.1. The minimum Gasteiger partial charge on any atom is -0.426 e. The fraction of sp³-hybridized carbons (Fsp3) is 0.857. The molecule has 0 saturated heterocycles. The SMILES string of the molecule is CNC(=N)NCCC[C@H](NC(=O)CC1CC2CCC1C2)C(=O)N[C@@H](CC(C)C)B(O)O. The third-order valence-corrected chi connectivity index (χ3v) is 6.62. The molecule has 2 aliphatic carbocycles. The van der Waals surface area contributed by atoms with Crippen LogP contribution in [0.5, 0.6) is 0 Å². The summed E-state index contributed by atoms with van der Waals surface area (Å²) in [6.45, 7) is 4.38. The molecular weight excluding hydrogens is 397 g/mol. The first-order valence-electron chi connectivity index (χ1n) is 11.7. The van der Waals surface area contributed by atoms with E-state index in [1.165, 1.54) is 19.3 Å². The Morgan fingerprint density at radius 1 is 1.16 bits per heavy atom. The van der Waals surface area contributed by atoms with Crippen molar-refractivity contribution in [3.63, 3.8) is 0 Å². The summed E-state index contributed by atoms with van der Waals surface area (Å²) in [7, 11) is -0.00850. The Bertz CT molecular complexity index is 619. The number of carbonyl (C=O) groups is 2. The van der Waals surface area contributed by atoms with Crippen LogP contribution >= 0.6 is 0 Å². The van der Waals surface area contributed by atoms with Crippen molar-refractivity contribution in [1.29, 1.82) is 5.41 Å². The van der Waals surface area contributed by atoms with Gasteiger partial charge in [-0.1, -0.05) is 20.3 Å². The first kappa shape index (κ1) is 25.5. The van der Waals surface area contributed by atoms with Gasteiger partial charge in [-0.25, -0.2) is 0 Å². The van der Waals surface area contributed by atoms with E-state index in [0.717, 1.165) is 12.3 Å². The van der Waals surface area contributed by atoms with Crippen molar-refractivity contribution < 1.29 is 19.6 Å². The number of hydrogen-bond acceptors (Lipinski definition) is 5. The molecule has 0 aromatic rings. The smallest absolute Gasteiger partial charge is 0.426 e. The zero-order chi connectivity index (χ0) is 23.0. The second-order valence-electron chi connectivity index (χ2n) is 9.61. The topological polar surface area (TPSA) is 147 Å². The standard InChI is InChI=1S/C21H40BN5O4/c1-13(2)9-18(22(30)31)27-20(29)17(5-4-8-25-21(23)24-3)26-19(28)12-16-11-14-6-7-15(16)10-14/h13-18,30-31H,4-12H2,1-3H3,(H,26,28)(H,27,29)(H3,23,24,25)/t14?,15?,16?,17-,18-/m0/s1. The number of hydrogen-bond donors (Lipinski definition) is 7. The van der Waals surface area contributed by atoms with Crippen molar-refractivity contribution in [1.82, 2.24) is 21.3 Å². The fourth-order valence-electron chi connectivity index (χ4n) is 5.04. The van der Waals surface area contributed by atoms with Gasteiger partial charge in [0.25, 0.3) is 0 Å². The van der Waals surface area contributed by atoms with Crippen LogP contribution in [0.2, 0.25) is 0 Å². The van der Waals surface area contributed by atoms with Gasteiger partial charge in [0.2, 0.25) is 11.8 Å². The molecular formula is C21H40BN5O4. The highest BCUT2D eigenvalue weighted by molar-refractivity contribution is 6.43.